The topological polar surface area (TPSA) is 100 Å². The Labute approximate surface area is 164 Å². The predicted molar refractivity (Wildman–Crippen MR) is 107 cm³/mol. The van der Waals surface area contributed by atoms with Gasteiger partial charge in [-0.1, -0.05) is 6.07 Å². The van der Waals surface area contributed by atoms with Crippen LogP contribution in [0.1, 0.15) is 41.9 Å². The fourth-order valence-corrected chi connectivity index (χ4v) is 3.59. The van der Waals surface area contributed by atoms with Crippen molar-refractivity contribution in [2.24, 2.45) is 0 Å². The van der Waals surface area contributed by atoms with E-state index >= 15 is 0 Å². The molecule has 3 rings (SSSR count). The van der Waals surface area contributed by atoms with Crippen molar-refractivity contribution in [2.45, 2.75) is 31.8 Å². The summed E-state index contributed by atoms with van der Waals surface area (Å²) in [4.78, 5) is 30.1. The second-order valence-electron chi connectivity index (χ2n) is 6.96. The van der Waals surface area contributed by atoms with Gasteiger partial charge in [0.15, 0.2) is 0 Å². The zero-order valence-electron chi connectivity index (χ0n) is 16.1. The Hall–Kier alpha value is -3.00. The van der Waals surface area contributed by atoms with E-state index in [1.165, 1.54) is 6.07 Å². The van der Waals surface area contributed by atoms with Crippen LogP contribution in [0.5, 0.6) is 0 Å². The Bertz CT molecular complexity index is 843. The summed E-state index contributed by atoms with van der Waals surface area (Å²) in [6.07, 6.45) is 3.57. The molecular formula is C20H25N5O3. The molecule has 148 valence electrons. The van der Waals surface area contributed by atoms with E-state index in [4.69, 9.17) is 0 Å². The van der Waals surface area contributed by atoms with Crippen molar-refractivity contribution in [3.05, 3.63) is 64.0 Å². The Morgan fingerprint density at radius 2 is 2.21 bits per heavy atom. The van der Waals surface area contributed by atoms with E-state index in [2.05, 4.69) is 15.6 Å². The molecule has 1 aromatic carbocycles. The van der Waals surface area contributed by atoms with Gasteiger partial charge in [-0.2, -0.15) is 0 Å². The highest BCUT2D eigenvalue weighted by molar-refractivity contribution is 5.96. The van der Waals surface area contributed by atoms with Crippen LogP contribution in [-0.2, 0) is 0 Å². The van der Waals surface area contributed by atoms with Crippen LogP contribution >= 0.6 is 0 Å². The molecule has 0 bridgehead atoms. The summed E-state index contributed by atoms with van der Waals surface area (Å²) in [6, 6.07) is 10.1. The van der Waals surface area contributed by atoms with Crippen molar-refractivity contribution < 1.29 is 9.72 Å². The first-order valence-corrected chi connectivity index (χ1v) is 9.42. The largest absolute Gasteiger partial charge is 0.371 e. The lowest BCUT2D eigenvalue weighted by Gasteiger charge is -2.24. The van der Waals surface area contributed by atoms with Crippen molar-refractivity contribution in [3.8, 4) is 0 Å². The van der Waals surface area contributed by atoms with Crippen LogP contribution in [0, 0.1) is 10.1 Å². The summed E-state index contributed by atoms with van der Waals surface area (Å²) in [5, 5.41) is 17.9. The van der Waals surface area contributed by atoms with Gasteiger partial charge in [0, 0.05) is 37.0 Å². The molecule has 2 atom stereocenters. The maximum Gasteiger partial charge on any atom is 0.293 e. The third-order valence-corrected chi connectivity index (χ3v) is 5.02. The van der Waals surface area contributed by atoms with Crippen LogP contribution in [0.3, 0.4) is 0 Å². The highest BCUT2D eigenvalue weighted by Crippen LogP contribution is 2.30. The zero-order valence-corrected chi connectivity index (χ0v) is 16.1. The van der Waals surface area contributed by atoms with Crippen LogP contribution in [0.2, 0.25) is 0 Å². The van der Waals surface area contributed by atoms with Crippen LogP contribution in [0.4, 0.5) is 11.4 Å². The third kappa shape index (κ3) is 4.28. The SMILES string of the molecule is CNCC1CCCN1C(=O)c1ccc(NC(C)c2ccccn2)c([N+](=O)[O-])c1. The number of hydrogen-bond donors (Lipinski definition) is 2. The predicted octanol–water partition coefficient (Wildman–Crippen LogP) is 2.99. The van der Waals surface area contributed by atoms with Crippen LogP contribution in [0.25, 0.3) is 0 Å². The minimum absolute atomic E-state index is 0.113. The molecule has 1 saturated heterocycles. The zero-order chi connectivity index (χ0) is 20.1. The number of amides is 1. The lowest BCUT2D eigenvalue weighted by atomic mass is 10.1. The fraction of sp³-hybridized carbons (Fsp3) is 0.400. The van der Waals surface area contributed by atoms with Gasteiger partial charge < -0.3 is 15.5 Å². The van der Waals surface area contributed by atoms with E-state index in [1.54, 1.807) is 23.2 Å². The number of likely N-dealkylation sites (N-methyl/N-ethyl adjacent to an activating group) is 1. The molecule has 0 spiro atoms. The number of hydrogen-bond acceptors (Lipinski definition) is 6. The summed E-state index contributed by atoms with van der Waals surface area (Å²) in [5.74, 6) is -0.162. The molecule has 2 aromatic rings. The molecule has 0 saturated carbocycles. The van der Waals surface area contributed by atoms with Gasteiger partial charge in [0.25, 0.3) is 11.6 Å². The Morgan fingerprint density at radius 1 is 1.39 bits per heavy atom. The van der Waals surface area contributed by atoms with Crippen LogP contribution in [-0.4, -0.2) is 46.9 Å². The maximum atomic E-state index is 12.9. The molecule has 8 heteroatoms. The molecule has 1 aliphatic rings. The minimum atomic E-state index is -0.459. The molecule has 0 aliphatic carbocycles. The van der Waals surface area contributed by atoms with E-state index in [0.29, 0.717) is 17.8 Å². The second kappa shape index (κ2) is 8.79. The Balaban J connectivity index is 1.83. The van der Waals surface area contributed by atoms with Gasteiger partial charge in [0.05, 0.1) is 16.7 Å². The standard InChI is InChI=1S/C20H25N5O3/c1-14(17-7-3-4-10-22-17)23-18-9-8-15(12-19(18)25(27)28)20(26)24-11-5-6-16(24)13-21-2/h3-4,7-10,12,14,16,21,23H,5-6,11,13H2,1-2H3. The lowest BCUT2D eigenvalue weighted by molar-refractivity contribution is -0.384. The smallest absolute Gasteiger partial charge is 0.293 e. The number of nitrogens with zero attached hydrogens (tertiary/aromatic N) is 3. The molecule has 28 heavy (non-hydrogen) atoms. The highest BCUT2D eigenvalue weighted by Gasteiger charge is 2.30. The number of nitro benzene ring substituents is 1. The first-order chi connectivity index (χ1) is 13.5. The molecular weight excluding hydrogens is 358 g/mol. The summed E-state index contributed by atoms with van der Waals surface area (Å²) in [6.45, 7) is 3.28. The summed E-state index contributed by atoms with van der Waals surface area (Å²) >= 11 is 0. The number of pyridine rings is 1. The number of nitro groups is 1. The first-order valence-electron chi connectivity index (χ1n) is 9.42. The first kappa shape index (κ1) is 19.8. The third-order valence-electron chi connectivity index (χ3n) is 5.02. The number of anilines is 1. The molecule has 2 N–H and O–H groups in total. The average molecular weight is 383 g/mol. The highest BCUT2D eigenvalue weighted by atomic mass is 16.6. The fourth-order valence-electron chi connectivity index (χ4n) is 3.59. The van der Waals surface area contributed by atoms with Gasteiger partial charge in [0.1, 0.15) is 5.69 Å². The van der Waals surface area contributed by atoms with Gasteiger partial charge in [-0.15, -0.1) is 0 Å². The Kier molecular flexibility index (Phi) is 6.20. The van der Waals surface area contributed by atoms with Gasteiger partial charge in [-0.3, -0.25) is 19.9 Å². The Morgan fingerprint density at radius 3 is 2.89 bits per heavy atom. The van der Waals surface area contributed by atoms with Crippen molar-refractivity contribution in [3.63, 3.8) is 0 Å². The monoisotopic (exact) mass is 383 g/mol. The van der Waals surface area contributed by atoms with Crippen molar-refractivity contribution in [1.29, 1.82) is 0 Å². The van der Waals surface area contributed by atoms with Crippen LogP contribution in [0.15, 0.2) is 42.6 Å². The van der Waals surface area contributed by atoms with Gasteiger partial charge in [0.2, 0.25) is 0 Å². The van der Waals surface area contributed by atoms with Crippen molar-refractivity contribution in [2.75, 3.05) is 25.5 Å². The number of aromatic nitrogens is 1. The summed E-state index contributed by atoms with van der Waals surface area (Å²) in [5.41, 5.74) is 1.38. The maximum absolute atomic E-state index is 12.9. The van der Waals surface area contributed by atoms with E-state index in [-0.39, 0.29) is 23.7 Å². The molecule has 1 aliphatic heterocycles. The molecule has 2 heterocycles. The van der Waals surface area contributed by atoms with E-state index < -0.39 is 4.92 Å². The average Bonchev–Trinajstić information content (AvgIpc) is 3.16. The number of nitrogens with one attached hydrogen (secondary N) is 2. The number of benzene rings is 1. The molecule has 2 unspecified atom stereocenters. The number of carbonyl (C=O) groups is 1. The summed E-state index contributed by atoms with van der Waals surface area (Å²) in [7, 11) is 1.86. The van der Waals surface area contributed by atoms with E-state index in [0.717, 1.165) is 25.1 Å². The van der Waals surface area contributed by atoms with Gasteiger partial charge >= 0.3 is 0 Å². The second-order valence-corrected chi connectivity index (χ2v) is 6.96. The quantitative estimate of drug-likeness (QED) is 0.563. The summed E-state index contributed by atoms with van der Waals surface area (Å²) < 4.78 is 0. The number of carbonyl (C=O) groups excluding carboxylic acids is 1. The van der Waals surface area contributed by atoms with E-state index in [1.807, 2.05) is 32.2 Å². The number of rotatable bonds is 7. The van der Waals surface area contributed by atoms with Crippen LogP contribution < -0.4 is 10.6 Å². The molecule has 1 amide bonds. The molecule has 1 aromatic heterocycles. The van der Waals surface area contributed by atoms with Crippen molar-refractivity contribution in [1.82, 2.24) is 15.2 Å². The molecule has 0 radical (unpaired) electrons. The molecule has 8 nitrogen and oxygen atoms in total. The lowest BCUT2D eigenvalue weighted by Crippen LogP contribution is -2.40. The van der Waals surface area contributed by atoms with Gasteiger partial charge in [-0.25, -0.2) is 0 Å². The minimum Gasteiger partial charge on any atom is -0.371 e. The van der Waals surface area contributed by atoms with Crippen molar-refractivity contribution >= 4 is 17.3 Å². The normalized spacial score (nSPS) is 17.4. The number of likely N-dealkylation sites (tertiary alicyclic amines) is 1. The van der Waals surface area contributed by atoms with E-state index in [9.17, 15) is 14.9 Å². The van der Waals surface area contributed by atoms with Gasteiger partial charge in [-0.05, 0) is 51.1 Å². The molecule has 1 fully saturated rings.